The van der Waals surface area contributed by atoms with Gasteiger partial charge in [-0.25, -0.2) is 4.98 Å². The number of allylic oxidation sites excluding steroid dienone is 1. The monoisotopic (exact) mass is 453 g/mol. The number of fused-ring (bicyclic) bond motifs is 4. The number of nitrogens with one attached hydrogen (secondary N) is 2. The van der Waals surface area contributed by atoms with E-state index < -0.39 is 0 Å². The maximum absolute atomic E-state index is 4.88. The first-order valence-corrected chi connectivity index (χ1v) is 11.6. The van der Waals surface area contributed by atoms with Gasteiger partial charge in [0.25, 0.3) is 0 Å². The second-order valence-corrected chi connectivity index (χ2v) is 9.33. The van der Waals surface area contributed by atoms with Crippen LogP contribution < -0.4 is 10.6 Å². The van der Waals surface area contributed by atoms with Crippen molar-refractivity contribution in [3.8, 4) is 11.4 Å². The van der Waals surface area contributed by atoms with Gasteiger partial charge in [-0.3, -0.25) is 4.98 Å². The standard InChI is InChI=1S/C25H24N7P/c1-14(2)20-13-27-32-24(20)30-23(15-9-17(33)12-26-11-15)31-25(32)28-16-7-8-22-19(10-16)18-5-3-4-6-21(18)29-22/h3-6,9,11-13,16,29H,1,7-8,10,33H2,2H3,(H,28,30,31)/t16-/m1/s1. The third-order valence-electron chi connectivity index (χ3n) is 6.27. The number of hydrogen-bond acceptors (Lipinski definition) is 5. The number of hydrogen-bond donors (Lipinski definition) is 2. The Balaban J connectivity index is 1.42. The maximum Gasteiger partial charge on any atom is 0.228 e. The van der Waals surface area contributed by atoms with Crippen molar-refractivity contribution in [2.75, 3.05) is 5.32 Å². The average molecular weight is 453 g/mol. The molecule has 8 heteroatoms. The van der Waals surface area contributed by atoms with E-state index in [1.807, 2.05) is 19.2 Å². The van der Waals surface area contributed by atoms with Gasteiger partial charge in [0, 0.05) is 46.2 Å². The van der Waals surface area contributed by atoms with Crippen molar-refractivity contribution in [2.45, 2.75) is 32.2 Å². The normalized spacial score (nSPS) is 15.6. The van der Waals surface area contributed by atoms with E-state index in [1.54, 1.807) is 16.9 Å². The molecule has 1 unspecified atom stereocenters. The van der Waals surface area contributed by atoms with Crippen molar-refractivity contribution < 1.29 is 0 Å². The van der Waals surface area contributed by atoms with Crippen LogP contribution in [0.2, 0.25) is 0 Å². The number of anilines is 1. The van der Waals surface area contributed by atoms with E-state index in [1.165, 1.54) is 22.2 Å². The highest BCUT2D eigenvalue weighted by Crippen LogP contribution is 2.31. The molecule has 0 amide bonds. The molecule has 2 N–H and O–H groups in total. The first-order valence-electron chi connectivity index (χ1n) is 11.0. The van der Waals surface area contributed by atoms with E-state index >= 15 is 0 Å². The summed E-state index contributed by atoms with van der Waals surface area (Å²) in [7, 11) is 2.68. The van der Waals surface area contributed by atoms with Gasteiger partial charge in [-0.15, -0.1) is 9.24 Å². The predicted octanol–water partition coefficient (Wildman–Crippen LogP) is 4.17. The summed E-state index contributed by atoms with van der Waals surface area (Å²) < 4.78 is 1.79. The van der Waals surface area contributed by atoms with E-state index in [9.17, 15) is 0 Å². The van der Waals surface area contributed by atoms with Crippen molar-refractivity contribution in [3.05, 3.63) is 72.3 Å². The van der Waals surface area contributed by atoms with E-state index in [0.717, 1.165) is 46.9 Å². The summed E-state index contributed by atoms with van der Waals surface area (Å²) in [5.41, 5.74) is 7.38. The lowest BCUT2D eigenvalue weighted by Crippen LogP contribution is -2.29. The number of H-pyrrole nitrogens is 1. The number of aryl methyl sites for hydroxylation is 1. The molecule has 164 valence electrons. The molecule has 7 nitrogen and oxygen atoms in total. The molecule has 0 saturated heterocycles. The molecule has 4 aromatic heterocycles. The van der Waals surface area contributed by atoms with E-state index in [0.29, 0.717) is 11.8 Å². The van der Waals surface area contributed by atoms with Gasteiger partial charge in [-0.2, -0.15) is 14.6 Å². The van der Waals surface area contributed by atoms with Crippen molar-refractivity contribution in [2.24, 2.45) is 0 Å². The van der Waals surface area contributed by atoms with Crippen LogP contribution in [-0.4, -0.2) is 35.6 Å². The zero-order valence-corrected chi connectivity index (χ0v) is 19.5. The van der Waals surface area contributed by atoms with Crippen molar-refractivity contribution >= 4 is 42.6 Å². The van der Waals surface area contributed by atoms with Gasteiger partial charge in [0.15, 0.2) is 11.5 Å². The molecular formula is C25H24N7P. The molecule has 0 radical (unpaired) electrons. The highest BCUT2D eigenvalue weighted by molar-refractivity contribution is 7.27. The van der Waals surface area contributed by atoms with Gasteiger partial charge < -0.3 is 10.3 Å². The summed E-state index contributed by atoms with van der Waals surface area (Å²) in [5, 5.41) is 10.6. The molecule has 0 spiro atoms. The molecule has 0 aliphatic heterocycles. The minimum Gasteiger partial charge on any atom is -0.358 e. The Morgan fingerprint density at radius 3 is 2.94 bits per heavy atom. The topological polar surface area (TPSA) is 83.8 Å². The lowest BCUT2D eigenvalue weighted by molar-refractivity contribution is 0.599. The third-order valence-corrected chi connectivity index (χ3v) is 6.59. The van der Waals surface area contributed by atoms with Crippen LogP contribution in [0.3, 0.4) is 0 Å². The zero-order valence-electron chi connectivity index (χ0n) is 18.3. The number of nitrogens with zero attached hydrogens (tertiary/aromatic N) is 5. The van der Waals surface area contributed by atoms with E-state index in [2.05, 4.69) is 60.5 Å². The van der Waals surface area contributed by atoms with Crippen LogP contribution in [0.25, 0.3) is 33.5 Å². The zero-order chi connectivity index (χ0) is 22.5. The van der Waals surface area contributed by atoms with Crippen LogP contribution in [-0.2, 0) is 12.8 Å². The Morgan fingerprint density at radius 1 is 1.21 bits per heavy atom. The summed E-state index contributed by atoms with van der Waals surface area (Å²) in [5.74, 6) is 1.30. The number of para-hydroxylation sites is 1. The summed E-state index contributed by atoms with van der Waals surface area (Å²) in [6, 6.07) is 10.8. The van der Waals surface area contributed by atoms with Gasteiger partial charge in [0.2, 0.25) is 5.95 Å². The SMILES string of the molecule is C=C(C)c1cnn2c(N[C@@H]3CCc4[nH]c5ccccc5c4C3)nc(-c3cncc(P)c3)nc12. The van der Waals surface area contributed by atoms with Crippen LogP contribution in [0.5, 0.6) is 0 Å². The van der Waals surface area contributed by atoms with Crippen LogP contribution in [0, 0.1) is 0 Å². The minimum atomic E-state index is 0.242. The number of benzene rings is 1. The van der Waals surface area contributed by atoms with Crippen molar-refractivity contribution in [1.29, 1.82) is 0 Å². The lowest BCUT2D eigenvalue weighted by atomic mass is 9.91. The smallest absolute Gasteiger partial charge is 0.228 e. The quantitative estimate of drug-likeness (QED) is 0.399. The molecule has 2 atom stereocenters. The van der Waals surface area contributed by atoms with Gasteiger partial charge in [-0.05, 0) is 54.8 Å². The Bertz CT molecular complexity index is 1530. The van der Waals surface area contributed by atoms with Gasteiger partial charge in [0.05, 0.1) is 6.20 Å². The van der Waals surface area contributed by atoms with E-state index in [4.69, 9.17) is 9.97 Å². The molecule has 0 saturated carbocycles. The molecule has 6 rings (SSSR count). The third kappa shape index (κ3) is 3.49. The Hall–Kier alpha value is -3.57. The second-order valence-electron chi connectivity index (χ2n) is 8.66. The fraction of sp³-hybridized carbons (Fsp3) is 0.200. The Kier molecular flexibility index (Phi) is 4.73. The second kappa shape index (κ2) is 7.78. The first-order chi connectivity index (χ1) is 16.1. The first kappa shape index (κ1) is 20.1. The molecule has 0 bridgehead atoms. The summed E-state index contributed by atoms with van der Waals surface area (Å²) in [4.78, 5) is 17.6. The molecule has 0 fully saturated rings. The highest BCUT2D eigenvalue weighted by atomic mass is 31.0. The molecule has 4 heterocycles. The van der Waals surface area contributed by atoms with Crippen molar-refractivity contribution in [1.82, 2.24) is 29.5 Å². The van der Waals surface area contributed by atoms with Crippen LogP contribution in [0.4, 0.5) is 5.95 Å². The molecule has 1 aliphatic carbocycles. The van der Waals surface area contributed by atoms with Crippen LogP contribution in [0.15, 0.2) is 55.5 Å². The fourth-order valence-corrected chi connectivity index (χ4v) is 4.92. The molecule has 5 aromatic rings. The number of aromatic nitrogens is 6. The summed E-state index contributed by atoms with van der Waals surface area (Å²) in [6.07, 6.45) is 8.33. The number of rotatable bonds is 4. The molecular weight excluding hydrogens is 429 g/mol. The highest BCUT2D eigenvalue weighted by Gasteiger charge is 2.24. The summed E-state index contributed by atoms with van der Waals surface area (Å²) >= 11 is 0. The Morgan fingerprint density at radius 2 is 2.09 bits per heavy atom. The maximum atomic E-state index is 4.88. The largest absolute Gasteiger partial charge is 0.358 e. The predicted molar refractivity (Wildman–Crippen MR) is 136 cm³/mol. The van der Waals surface area contributed by atoms with Crippen LogP contribution >= 0.6 is 9.24 Å². The molecule has 1 aliphatic rings. The fourth-order valence-electron chi connectivity index (χ4n) is 4.66. The van der Waals surface area contributed by atoms with Crippen molar-refractivity contribution in [3.63, 3.8) is 0 Å². The number of aromatic amines is 1. The summed E-state index contributed by atoms with van der Waals surface area (Å²) in [6.45, 7) is 6.07. The number of pyridine rings is 1. The van der Waals surface area contributed by atoms with Gasteiger partial charge in [-0.1, -0.05) is 24.8 Å². The molecule has 1 aromatic carbocycles. The van der Waals surface area contributed by atoms with E-state index in [-0.39, 0.29) is 6.04 Å². The molecule has 33 heavy (non-hydrogen) atoms. The Labute approximate surface area is 193 Å². The van der Waals surface area contributed by atoms with Crippen LogP contribution in [0.1, 0.15) is 30.2 Å². The lowest BCUT2D eigenvalue weighted by Gasteiger charge is -2.24. The van der Waals surface area contributed by atoms with Gasteiger partial charge in [0.1, 0.15) is 0 Å². The van der Waals surface area contributed by atoms with Gasteiger partial charge >= 0.3 is 0 Å². The average Bonchev–Trinajstić information content (AvgIpc) is 3.41. The minimum absolute atomic E-state index is 0.242.